The molecule has 0 aromatic carbocycles. The maximum absolute atomic E-state index is 12.1. The van der Waals surface area contributed by atoms with Crippen LogP contribution in [0.25, 0.3) is 0 Å². The first-order valence-corrected chi connectivity index (χ1v) is 12.2. The van der Waals surface area contributed by atoms with E-state index in [1.165, 1.54) is 0 Å². The minimum atomic E-state index is -0.458. The summed E-state index contributed by atoms with van der Waals surface area (Å²) in [5, 5.41) is 6.61. The highest BCUT2D eigenvalue weighted by Crippen LogP contribution is 2.20. The molecule has 1 aliphatic heterocycles. The van der Waals surface area contributed by atoms with Gasteiger partial charge in [-0.25, -0.2) is 9.59 Å². The van der Waals surface area contributed by atoms with Crippen LogP contribution in [0.4, 0.5) is 9.59 Å². The average molecular weight is 456 g/mol. The number of likely N-dealkylation sites (tertiary alicyclic amines) is 1. The number of piperidine rings is 1. The third-order valence-electron chi connectivity index (χ3n) is 5.65. The van der Waals surface area contributed by atoms with Gasteiger partial charge in [0.05, 0.1) is 6.10 Å². The fourth-order valence-corrected chi connectivity index (χ4v) is 4.08. The van der Waals surface area contributed by atoms with E-state index in [-0.39, 0.29) is 24.3 Å². The number of ether oxygens (including phenoxy) is 3. The Balaban J connectivity index is 1.49. The zero-order valence-corrected chi connectivity index (χ0v) is 21.0. The second kappa shape index (κ2) is 12.1. The Kier molecular flexibility index (Phi) is 10.1. The van der Waals surface area contributed by atoms with Gasteiger partial charge in [-0.15, -0.1) is 0 Å². The number of nitrogens with one attached hydrogen (secondary N) is 2. The van der Waals surface area contributed by atoms with Crippen LogP contribution in [-0.4, -0.2) is 72.7 Å². The number of amides is 2. The molecule has 1 heterocycles. The minimum absolute atomic E-state index is 0.206. The first kappa shape index (κ1) is 26.7. The van der Waals surface area contributed by atoms with Crippen LogP contribution >= 0.6 is 0 Å². The highest BCUT2D eigenvalue weighted by molar-refractivity contribution is 5.68. The lowest BCUT2D eigenvalue weighted by atomic mass is 9.91. The summed E-state index contributed by atoms with van der Waals surface area (Å²) in [4.78, 5) is 25.8. The van der Waals surface area contributed by atoms with E-state index in [2.05, 4.69) is 10.6 Å². The summed E-state index contributed by atoms with van der Waals surface area (Å²) in [5.41, 5.74) is -0.911. The Hall–Kier alpha value is -1.54. The van der Waals surface area contributed by atoms with Crippen molar-refractivity contribution in [3.8, 4) is 0 Å². The Morgan fingerprint density at radius 3 is 1.97 bits per heavy atom. The van der Waals surface area contributed by atoms with Crippen LogP contribution in [-0.2, 0) is 14.2 Å². The lowest BCUT2D eigenvalue weighted by molar-refractivity contribution is -0.0118. The van der Waals surface area contributed by atoms with E-state index in [4.69, 9.17) is 14.2 Å². The molecule has 32 heavy (non-hydrogen) atoms. The zero-order valence-electron chi connectivity index (χ0n) is 21.0. The van der Waals surface area contributed by atoms with Gasteiger partial charge in [0.1, 0.15) is 11.2 Å². The van der Waals surface area contributed by atoms with Crippen LogP contribution in [0, 0.1) is 0 Å². The zero-order chi connectivity index (χ0) is 23.8. The maximum atomic E-state index is 12.1. The quantitative estimate of drug-likeness (QED) is 0.559. The van der Waals surface area contributed by atoms with Gasteiger partial charge in [0, 0.05) is 31.8 Å². The SMILES string of the molecule is CC(C)(C)OC(=O)NC1CCC(NCCCOC2CCN(C(=O)OC(C)(C)C)CC2)CC1. The molecule has 0 aromatic rings. The second-order valence-corrected chi connectivity index (χ2v) is 11.0. The predicted molar refractivity (Wildman–Crippen MR) is 125 cm³/mol. The Bertz CT molecular complexity index is 583. The predicted octanol–water partition coefficient (Wildman–Crippen LogP) is 4.22. The van der Waals surface area contributed by atoms with Crippen molar-refractivity contribution < 1.29 is 23.8 Å². The van der Waals surface area contributed by atoms with Crippen molar-refractivity contribution in [1.82, 2.24) is 15.5 Å². The molecule has 186 valence electrons. The number of nitrogens with zero attached hydrogens (tertiary/aromatic N) is 1. The summed E-state index contributed by atoms with van der Waals surface area (Å²) in [6.07, 6.45) is 6.45. The van der Waals surface area contributed by atoms with Crippen molar-refractivity contribution in [3.63, 3.8) is 0 Å². The summed E-state index contributed by atoms with van der Waals surface area (Å²) >= 11 is 0. The molecule has 0 radical (unpaired) electrons. The van der Waals surface area contributed by atoms with Crippen LogP contribution in [0.1, 0.15) is 86.5 Å². The molecule has 2 fully saturated rings. The third-order valence-corrected chi connectivity index (χ3v) is 5.65. The van der Waals surface area contributed by atoms with Crippen LogP contribution in [0.15, 0.2) is 0 Å². The lowest BCUT2D eigenvalue weighted by Crippen LogP contribution is -2.44. The number of hydrogen-bond donors (Lipinski definition) is 2. The van der Waals surface area contributed by atoms with Crippen molar-refractivity contribution in [3.05, 3.63) is 0 Å². The normalized spacial score (nSPS) is 23.0. The van der Waals surface area contributed by atoms with E-state index in [9.17, 15) is 9.59 Å². The van der Waals surface area contributed by atoms with Gasteiger partial charge in [0.2, 0.25) is 0 Å². The van der Waals surface area contributed by atoms with Crippen molar-refractivity contribution in [2.45, 2.75) is 116 Å². The molecular weight excluding hydrogens is 410 g/mol. The minimum Gasteiger partial charge on any atom is -0.444 e. The molecule has 1 saturated heterocycles. The fraction of sp³-hybridized carbons (Fsp3) is 0.917. The molecule has 2 amide bonds. The first-order valence-electron chi connectivity index (χ1n) is 12.2. The average Bonchev–Trinajstić information content (AvgIpc) is 2.66. The summed E-state index contributed by atoms with van der Waals surface area (Å²) in [6.45, 7) is 14.4. The number of alkyl carbamates (subject to hydrolysis) is 1. The third kappa shape index (κ3) is 10.9. The molecule has 0 bridgehead atoms. The summed E-state index contributed by atoms with van der Waals surface area (Å²) in [7, 11) is 0. The largest absolute Gasteiger partial charge is 0.444 e. The number of hydrogen-bond acceptors (Lipinski definition) is 6. The number of carbonyl (C=O) groups is 2. The Morgan fingerprint density at radius 1 is 0.844 bits per heavy atom. The topological polar surface area (TPSA) is 89.1 Å². The number of carbonyl (C=O) groups excluding carboxylic acids is 2. The van der Waals surface area contributed by atoms with Gasteiger partial charge < -0.3 is 29.7 Å². The molecule has 0 aromatic heterocycles. The van der Waals surface area contributed by atoms with Crippen LogP contribution in [0.2, 0.25) is 0 Å². The monoisotopic (exact) mass is 455 g/mol. The van der Waals surface area contributed by atoms with Crippen LogP contribution in [0.5, 0.6) is 0 Å². The van der Waals surface area contributed by atoms with Crippen molar-refractivity contribution in [2.75, 3.05) is 26.2 Å². The molecule has 2 rings (SSSR count). The van der Waals surface area contributed by atoms with E-state index in [0.717, 1.165) is 58.1 Å². The van der Waals surface area contributed by atoms with Gasteiger partial charge in [-0.1, -0.05) is 0 Å². The maximum Gasteiger partial charge on any atom is 0.410 e. The molecule has 0 atom stereocenters. The smallest absolute Gasteiger partial charge is 0.410 e. The van der Waals surface area contributed by atoms with E-state index in [1.807, 2.05) is 41.5 Å². The molecule has 2 N–H and O–H groups in total. The summed E-state index contributed by atoms with van der Waals surface area (Å²) in [5.74, 6) is 0. The summed E-state index contributed by atoms with van der Waals surface area (Å²) in [6, 6.07) is 0.710. The van der Waals surface area contributed by atoms with Gasteiger partial charge in [0.25, 0.3) is 0 Å². The standard InChI is InChI=1S/C24H45N3O5/c1-23(2,3)31-21(28)26-19-10-8-18(9-11-19)25-14-7-17-30-20-12-15-27(16-13-20)22(29)32-24(4,5)6/h18-20,25H,7-17H2,1-6H3,(H,26,28). The van der Waals surface area contributed by atoms with Gasteiger partial charge in [-0.3, -0.25) is 0 Å². The molecule has 8 nitrogen and oxygen atoms in total. The molecular formula is C24H45N3O5. The molecule has 0 spiro atoms. The highest BCUT2D eigenvalue weighted by Gasteiger charge is 2.27. The molecule has 1 saturated carbocycles. The molecule has 0 unspecified atom stereocenters. The molecule has 2 aliphatic rings. The van der Waals surface area contributed by atoms with E-state index in [1.54, 1.807) is 4.90 Å². The number of rotatable bonds is 7. The van der Waals surface area contributed by atoms with Crippen molar-refractivity contribution >= 4 is 12.2 Å². The Labute approximate surface area is 194 Å². The lowest BCUT2D eigenvalue weighted by Gasteiger charge is -2.33. The second-order valence-electron chi connectivity index (χ2n) is 11.0. The van der Waals surface area contributed by atoms with Crippen molar-refractivity contribution in [1.29, 1.82) is 0 Å². The Morgan fingerprint density at radius 2 is 1.41 bits per heavy atom. The highest BCUT2D eigenvalue weighted by atomic mass is 16.6. The first-order chi connectivity index (χ1) is 14.9. The van der Waals surface area contributed by atoms with Gasteiger partial charge in [-0.05, 0) is 93.0 Å². The van der Waals surface area contributed by atoms with Crippen LogP contribution in [0.3, 0.4) is 0 Å². The van der Waals surface area contributed by atoms with Crippen LogP contribution < -0.4 is 10.6 Å². The van der Waals surface area contributed by atoms with E-state index >= 15 is 0 Å². The van der Waals surface area contributed by atoms with Gasteiger partial charge >= 0.3 is 12.2 Å². The molecule has 1 aliphatic carbocycles. The summed E-state index contributed by atoms with van der Waals surface area (Å²) < 4.78 is 16.8. The fourth-order valence-electron chi connectivity index (χ4n) is 4.08. The van der Waals surface area contributed by atoms with E-state index < -0.39 is 11.2 Å². The van der Waals surface area contributed by atoms with Crippen molar-refractivity contribution in [2.24, 2.45) is 0 Å². The molecule has 8 heteroatoms. The van der Waals surface area contributed by atoms with Gasteiger partial charge in [-0.2, -0.15) is 0 Å². The van der Waals surface area contributed by atoms with E-state index in [0.29, 0.717) is 19.1 Å². The van der Waals surface area contributed by atoms with Gasteiger partial charge in [0.15, 0.2) is 0 Å².